The zero-order chi connectivity index (χ0) is 28.1. The standard InChI is InChI=1S/C28H28FN5O6/c29-24-17-30-27(32-26(24)18-4-3-5-21(16-18)33-15-2-1-6-25(33)35)31-19-7-11-22(12-8-19)39-28(36)40-23-13-9-20(10-14-23)34(37)38/h3-5,9-10,13-14,16-17,19,22H,1-2,6-8,11-12,15H2,(H,30,31,32). The van der Waals surface area contributed by atoms with E-state index in [1.807, 2.05) is 6.07 Å². The number of piperidine rings is 1. The van der Waals surface area contributed by atoms with Crippen molar-refractivity contribution in [1.29, 1.82) is 0 Å². The predicted octanol–water partition coefficient (Wildman–Crippen LogP) is 5.65. The lowest BCUT2D eigenvalue weighted by molar-refractivity contribution is -0.384. The van der Waals surface area contributed by atoms with Gasteiger partial charge in [-0.2, -0.15) is 0 Å². The average Bonchev–Trinajstić information content (AvgIpc) is 2.96. The summed E-state index contributed by atoms with van der Waals surface area (Å²) in [5, 5.41) is 14.0. The third-order valence-electron chi connectivity index (χ3n) is 7.02. The molecule has 2 aliphatic rings. The average molecular weight is 550 g/mol. The Morgan fingerprint density at radius 3 is 2.60 bits per heavy atom. The van der Waals surface area contributed by atoms with Crippen LogP contribution in [-0.2, 0) is 9.53 Å². The first kappa shape index (κ1) is 27.0. The summed E-state index contributed by atoms with van der Waals surface area (Å²) in [5.74, 6) is -0.0505. The minimum atomic E-state index is -0.870. The van der Waals surface area contributed by atoms with Crippen LogP contribution in [0.15, 0.2) is 54.7 Å². The van der Waals surface area contributed by atoms with Gasteiger partial charge in [-0.15, -0.1) is 0 Å². The van der Waals surface area contributed by atoms with Crippen LogP contribution in [0.1, 0.15) is 44.9 Å². The van der Waals surface area contributed by atoms with E-state index in [4.69, 9.17) is 9.47 Å². The normalized spacial score (nSPS) is 19.1. The van der Waals surface area contributed by atoms with Gasteiger partial charge < -0.3 is 19.7 Å². The van der Waals surface area contributed by atoms with E-state index in [9.17, 15) is 24.1 Å². The Bertz CT molecular complexity index is 1390. The number of nitrogens with zero attached hydrogens (tertiary/aromatic N) is 4. The smallest absolute Gasteiger partial charge is 0.431 e. The van der Waals surface area contributed by atoms with Gasteiger partial charge in [-0.25, -0.2) is 19.2 Å². The molecule has 0 bridgehead atoms. The molecule has 40 heavy (non-hydrogen) atoms. The van der Waals surface area contributed by atoms with E-state index in [0.717, 1.165) is 24.7 Å². The molecular weight excluding hydrogens is 521 g/mol. The number of nitrogens with one attached hydrogen (secondary N) is 1. The highest BCUT2D eigenvalue weighted by molar-refractivity contribution is 5.94. The highest BCUT2D eigenvalue weighted by Gasteiger charge is 2.26. The van der Waals surface area contributed by atoms with Crippen molar-refractivity contribution < 1.29 is 28.4 Å². The summed E-state index contributed by atoms with van der Waals surface area (Å²) in [4.78, 5) is 45.0. The first-order valence-corrected chi connectivity index (χ1v) is 13.2. The summed E-state index contributed by atoms with van der Waals surface area (Å²) in [6.45, 7) is 0.641. The van der Waals surface area contributed by atoms with Crippen LogP contribution in [0.5, 0.6) is 5.75 Å². The van der Waals surface area contributed by atoms with Gasteiger partial charge in [0.15, 0.2) is 5.82 Å². The second-order valence-corrected chi connectivity index (χ2v) is 9.78. The van der Waals surface area contributed by atoms with E-state index in [1.54, 1.807) is 23.1 Å². The predicted molar refractivity (Wildman–Crippen MR) is 144 cm³/mol. The number of nitro benzene ring substituents is 1. The van der Waals surface area contributed by atoms with Gasteiger partial charge in [-0.05, 0) is 62.8 Å². The number of aromatic nitrogens is 2. The van der Waals surface area contributed by atoms with Gasteiger partial charge in [-0.3, -0.25) is 14.9 Å². The number of hydrogen-bond donors (Lipinski definition) is 1. The summed E-state index contributed by atoms with van der Waals surface area (Å²) in [7, 11) is 0. The molecule has 11 nitrogen and oxygen atoms in total. The molecule has 1 aliphatic heterocycles. The molecule has 0 radical (unpaired) electrons. The monoisotopic (exact) mass is 549 g/mol. The fraction of sp³-hybridized carbons (Fsp3) is 0.357. The summed E-state index contributed by atoms with van der Waals surface area (Å²) < 4.78 is 25.3. The van der Waals surface area contributed by atoms with Gasteiger partial charge >= 0.3 is 6.16 Å². The summed E-state index contributed by atoms with van der Waals surface area (Å²) >= 11 is 0. The quantitative estimate of drug-likeness (QED) is 0.172. The number of halogens is 1. The molecule has 1 saturated heterocycles. The Hall–Kier alpha value is -4.61. The van der Waals surface area contributed by atoms with Crippen molar-refractivity contribution in [2.24, 2.45) is 0 Å². The maximum Gasteiger partial charge on any atom is 0.514 e. The van der Waals surface area contributed by atoms with Crippen molar-refractivity contribution in [2.75, 3.05) is 16.8 Å². The molecule has 1 aromatic heterocycles. The highest BCUT2D eigenvalue weighted by Crippen LogP contribution is 2.29. The Labute approximate surface area is 229 Å². The molecule has 5 rings (SSSR count). The minimum absolute atomic E-state index is 0.00107. The first-order valence-electron chi connectivity index (χ1n) is 13.2. The topological polar surface area (TPSA) is 137 Å². The third kappa shape index (κ3) is 6.50. The van der Waals surface area contributed by atoms with Gasteiger partial charge in [0, 0.05) is 42.4 Å². The second kappa shape index (κ2) is 12.1. The minimum Gasteiger partial charge on any atom is -0.431 e. The number of anilines is 2. The zero-order valence-electron chi connectivity index (χ0n) is 21.6. The molecule has 0 atom stereocenters. The fourth-order valence-corrected chi connectivity index (χ4v) is 4.94. The molecule has 12 heteroatoms. The molecule has 2 heterocycles. The molecule has 1 aliphatic carbocycles. The van der Waals surface area contributed by atoms with Crippen molar-refractivity contribution in [3.8, 4) is 17.0 Å². The molecule has 2 fully saturated rings. The van der Waals surface area contributed by atoms with Crippen LogP contribution >= 0.6 is 0 Å². The number of hydrogen-bond acceptors (Lipinski definition) is 9. The molecule has 3 aromatic rings. The maximum atomic E-state index is 14.7. The summed E-state index contributed by atoms with van der Waals surface area (Å²) in [6, 6.07) is 12.3. The Morgan fingerprint density at radius 2 is 1.88 bits per heavy atom. The van der Waals surface area contributed by atoms with Gasteiger partial charge in [0.25, 0.3) is 5.69 Å². The SMILES string of the molecule is O=C(Oc1ccc([N+](=O)[O-])cc1)OC1CCC(Nc2ncc(F)c(-c3cccc(N4CCCCC4=O)c3)n2)CC1. The van der Waals surface area contributed by atoms with E-state index >= 15 is 0 Å². The molecular formula is C28H28FN5O6. The number of carbonyl (C=O) groups is 2. The summed E-state index contributed by atoms with van der Waals surface area (Å²) in [5.41, 5.74) is 1.32. The molecule has 1 saturated carbocycles. The largest absolute Gasteiger partial charge is 0.514 e. The van der Waals surface area contributed by atoms with Gasteiger partial charge in [0.05, 0.1) is 11.1 Å². The van der Waals surface area contributed by atoms with E-state index in [1.165, 1.54) is 24.3 Å². The van der Waals surface area contributed by atoms with E-state index in [-0.39, 0.29) is 41.1 Å². The van der Waals surface area contributed by atoms with Crippen LogP contribution in [0, 0.1) is 15.9 Å². The van der Waals surface area contributed by atoms with Crippen LogP contribution in [-0.4, -0.2) is 45.6 Å². The molecule has 1 N–H and O–H groups in total. The molecule has 1 amide bonds. The van der Waals surface area contributed by atoms with Gasteiger partial charge in [-0.1, -0.05) is 12.1 Å². The Morgan fingerprint density at radius 1 is 1.10 bits per heavy atom. The summed E-state index contributed by atoms with van der Waals surface area (Å²) in [6.07, 6.45) is 4.72. The Balaban J connectivity index is 1.16. The highest BCUT2D eigenvalue weighted by atomic mass is 19.1. The fourth-order valence-electron chi connectivity index (χ4n) is 4.94. The number of benzene rings is 2. The van der Waals surface area contributed by atoms with Crippen molar-refractivity contribution in [2.45, 2.75) is 57.1 Å². The number of nitro groups is 1. The van der Waals surface area contributed by atoms with E-state index in [2.05, 4.69) is 15.3 Å². The zero-order valence-corrected chi connectivity index (χ0v) is 21.6. The van der Waals surface area contributed by atoms with E-state index < -0.39 is 16.9 Å². The molecule has 208 valence electrons. The lowest BCUT2D eigenvalue weighted by Gasteiger charge is -2.28. The number of carbonyl (C=O) groups excluding carboxylic acids is 2. The molecule has 0 unspecified atom stereocenters. The van der Waals surface area contributed by atoms with Crippen LogP contribution < -0.4 is 15.0 Å². The van der Waals surface area contributed by atoms with E-state index in [0.29, 0.717) is 44.2 Å². The lowest BCUT2D eigenvalue weighted by Crippen LogP contribution is -2.35. The van der Waals surface area contributed by atoms with Crippen LogP contribution in [0.4, 0.5) is 26.5 Å². The molecule has 2 aromatic carbocycles. The Kier molecular flexibility index (Phi) is 8.13. The van der Waals surface area contributed by atoms with Crippen LogP contribution in [0.25, 0.3) is 11.3 Å². The number of rotatable bonds is 7. The second-order valence-electron chi connectivity index (χ2n) is 9.78. The number of amides is 1. The van der Waals surface area contributed by atoms with Crippen molar-refractivity contribution >= 4 is 29.4 Å². The third-order valence-corrected chi connectivity index (χ3v) is 7.02. The maximum absolute atomic E-state index is 14.7. The number of ether oxygens (including phenoxy) is 2. The first-order chi connectivity index (χ1) is 19.4. The van der Waals surface area contributed by atoms with Gasteiger partial charge in [0.2, 0.25) is 11.9 Å². The number of non-ortho nitro benzene ring substituents is 1. The van der Waals surface area contributed by atoms with Crippen molar-refractivity contribution in [3.63, 3.8) is 0 Å². The van der Waals surface area contributed by atoms with Crippen LogP contribution in [0.2, 0.25) is 0 Å². The molecule has 0 spiro atoms. The van der Waals surface area contributed by atoms with Gasteiger partial charge in [0.1, 0.15) is 17.5 Å². The lowest BCUT2D eigenvalue weighted by atomic mass is 9.93. The van der Waals surface area contributed by atoms with Crippen LogP contribution in [0.3, 0.4) is 0 Å². The van der Waals surface area contributed by atoms with Crippen molar-refractivity contribution in [1.82, 2.24) is 9.97 Å². The van der Waals surface area contributed by atoms with Crippen molar-refractivity contribution in [3.05, 3.63) is 70.7 Å².